The molecule has 136 valence electrons. The summed E-state index contributed by atoms with van der Waals surface area (Å²) in [5.74, 6) is -0.0693. The monoisotopic (exact) mass is 358 g/mol. The molecule has 0 fully saturated rings. The average Bonchev–Trinajstić information content (AvgIpc) is 3.26. The molecular formula is C22H22N4O. The molecule has 1 amide bonds. The van der Waals surface area contributed by atoms with Gasteiger partial charge < -0.3 is 10.3 Å². The Kier molecular flexibility index (Phi) is 4.50. The van der Waals surface area contributed by atoms with E-state index in [1.54, 1.807) is 0 Å². The third kappa shape index (κ3) is 3.62. The Balaban J connectivity index is 1.42. The molecule has 2 N–H and O–H groups in total. The van der Waals surface area contributed by atoms with Gasteiger partial charge in [0, 0.05) is 34.9 Å². The van der Waals surface area contributed by atoms with Gasteiger partial charge in [-0.05, 0) is 55.3 Å². The minimum atomic E-state index is -0.0693. The first-order chi connectivity index (χ1) is 13.1. The molecule has 5 heteroatoms. The molecule has 4 aromatic rings. The summed E-state index contributed by atoms with van der Waals surface area (Å²) in [5.41, 5.74) is 6.11. The fourth-order valence-corrected chi connectivity index (χ4v) is 3.35. The number of hydrogen-bond donors (Lipinski definition) is 2. The average molecular weight is 358 g/mol. The van der Waals surface area contributed by atoms with Crippen molar-refractivity contribution in [3.05, 3.63) is 88.9 Å². The van der Waals surface area contributed by atoms with E-state index in [1.807, 2.05) is 73.3 Å². The van der Waals surface area contributed by atoms with Crippen LogP contribution in [0.4, 0.5) is 0 Å². The first kappa shape index (κ1) is 17.1. The summed E-state index contributed by atoms with van der Waals surface area (Å²) in [5, 5.41) is 8.63. The molecule has 0 saturated carbocycles. The van der Waals surface area contributed by atoms with E-state index in [0.717, 1.165) is 33.4 Å². The minimum absolute atomic E-state index is 0.0693. The maximum atomic E-state index is 12.5. The van der Waals surface area contributed by atoms with Gasteiger partial charge in [-0.1, -0.05) is 24.3 Å². The van der Waals surface area contributed by atoms with Crippen LogP contribution in [0, 0.1) is 13.8 Å². The minimum Gasteiger partial charge on any atom is -0.361 e. The van der Waals surface area contributed by atoms with Gasteiger partial charge in [0.05, 0.1) is 12.2 Å². The highest BCUT2D eigenvalue weighted by Gasteiger charge is 2.08. The second kappa shape index (κ2) is 7.11. The van der Waals surface area contributed by atoms with E-state index >= 15 is 0 Å². The van der Waals surface area contributed by atoms with Gasteiger partial charge in [-0.15, -0.1) is 0 Å². The number of hydrogen-bond acceptors (Lipinski definition) is 2. The highest BCUT2D eigenvalue weighted by atomic mass is 16.1. The molecule has 2 aromatic carbocycles. The van der Waals surface area contributed by atoms with E-state index in [0.29, 0.717) is 18.7 Å². The number of rotatable bonds is 5. The maximum absolute atomic E-state index is 12.5. The number of aryl methyl sites for hydroxylation is 2. The van der Waals surface area contributed by atoms with Crippen molar-refractivity contribution in [1.82, 2.24) is 20.1 Å². The number of carbonyl (C=O) groups is 1. The van der Waals surface area contributed by atoms with Crippen LogP contribution in [-0.4, -0.2) is 20.7 Å². The van der Waals surface area contributed by atoms with Crippen LogP contribution < -0.4 is 5.32 Å². The third-order valence-corrected chi connectivity index (χ3v) is 4.78. The van der Waals surface area contributed by atoms with Gasteiger partial charge >= 0.3 is 0 Å². The molecule has 2 heterocycles. The molecule has 0 aliphatic rings. The standard InChI is InChI=1S/C22H22N4O/c1-15-12-16(2)26(25-15)14-17-6-8-18(9-7-17)22(27)24-13-19-4-3-5-21-20(19)10-11-23-21/h3-12,23H,13-14H2,1-2H3,(H,24,27). The third-order valence-electron chi connectivity index (χ3n) is 4.78. The van der Waals surface area contributed by atoms with Gasteiger partial charge in [-0.25, -0.2) is 0 Å². The summed E-state index contributed by atoms with van der Waals surface area (Å²) in [6, 6.07) is 17.9. The number of aromatic nitrogens is 3. The SMILES string of the molecule is Cc1cc(C)n(Cc2ccc(C(=O)NCc3cccc4[nH]ccc34)cc2)n1. The van der Waals surface area contributed by atoms with Crippen molar-refractivity contribution in [1.29, 1.82) is 0 Å². The van der Waals surface area contributed by atoms with Gasteiger partial charge in [-0.2, -0.15) is 5.10 Å². The number of nitrogens with one attached hydrogen (secondary N) is 2. The first-order valence-electron chi connectivity index (χ1n) is 9.03. The lowest BCUT2D eigenvalue weighted by molar-refractivity contribution is 0.0951. The Bertz CT molecular complexity index is 1090. The number of aromatic amines is 1. The number of fused-ring (bicyclic) bond motifs is 1. The van der Waals surface area contributed by atoms with Crippen molar-refractivity contribution in [2.45, 2.75) is 26.9 Å². The Morgan fingerprint density at radius 2 is 1.93 bits per heavy atom. The molecule has 0 spiro atoms. The lowest BCUT2D eigenvalue weighted by atomic mass is 10.1. The summed E-state index contributed by atoms with van der Waals surface area (Å²) in [4.78, 5) is 15.7. The van der Waals surface area contributed by atoms with Crippen molar-refractivity contribution >= 4 is 16.8 Å². The predicted molar refractivity (Wildman–Crippen MR) is 107 cm³/mol. The van der Waals surface area contributed by atoms with E-state index in [2.05, 4.69) is 21.5 Å². The zero-order valence-electron chi connectivity index (χ0n) is 15.5. The maximum Gasteiger partial charge on any atom is 0.251 e. The fraction of sp³-hybridized carbons (Fsp3) is 0.182. The van der Waals surface area contributed by atoms with Crippen LogP contribution in [0.3, 0.4) is 0 Å². The normalized spacial score (nSPS) is 11.0. The zero-order valence-corrected chi connectivity index (χ0v) is 15.5. The molecule has 0 atom stereocenters. The lowest BCUT2D eigenvalue weighted by Crippen LogP contribution is -2.22. The van der Waals surface area contributed by atoms with Crippen LogP contribution in [0.25, 0.3) is 10.9 Å². The van der Waals surface area contributed by atoms with Crippen LogP contribution >= 0.6 is 0 Å². The molecule has 0 unspecified atom stereocenters. The van der Waals surface area contributed by atoms with Crippen LogP contribution in [-0.2, 0) is 13.1 Å². The van der Waals surface area contributed by atoms with Crippen molar-refractivity contribution in [3.8, 4) is 0 Å². The van der Waals surface area contributed by atoms with Gasteiger partial charge in [0.15, 0.2) is 0 Å². The zero-order chi connectivity index (χ0) is 18.8. The summed E-state index contributed by atoms with van der Waals surface area (Å²) < 4.78 is 1.97. The topological polar surface area (TPSA) is 62.7 Å². The molecule has 0 aliphatic heterocycles. The van der Waals surface area contributed by atoms with E-state index in [-0.39, 0.29) is 5.91 Å². The van der Waals surface area contributed by atoms with Crippen molar-refractivity contribution in [2.75, 3.05) is 0 Å². The van der Waals surface area contributed by atoms with Crippen LogP contribution in [0.5, 0.6) is 0 Å². The van der Waals surface area contributed by atoms with Crippen LogP contribution in [0.1, 0.15) is 32.9 Å². The largest absolute Gasteiger partial charge is 0.361 e. The second-order valence-corrected chi connectivity index (χ2v) is 6.82. The molecule has 0 radical (unpaired) electrons. The van der Waals surface area contributed by atoms with Crippen molar-refractivity contribution in [3.63, 3.8) is 0 Å². The second-order valence-electron chi connectivity index (χ2n) is 6.82. The summed E-state index contributed by atoms with van der Waals surface area (Å²) in [6.07, 6.45) is 1.91. The molecule has 2 aromatic heterocycles. The van der Waals surface area contributed by atoms with Crippen molar-refractivity contribution in [2.24, 2.45) is 0 Å². The Morgan fingerprint density at radius 3 is 2.67 bits per heavy atom. The molecule has 0 bridgehead atoms. The molecule has 0 saturated heterocycles. The van der Waals surface area contributed by atoms with Crippen LogP contribution in [0.15, 0.2) is 60.8 Å². The molecule has 0 aliphatic carbocycles. The Labute approximate surface area is 158 Å². The molecule has 27 heavy (non-hydrogen) atoms. The van der Waals surface area contributed by atoms with Crippen molar-refractivity contribution < 1.29 is 4.79 Å². The van der Waals surface area contributed by atoms with E-state index in [1.165, 1.54) is 0 Å². The highest BCUT2D eigenvalue weighted by molar-refractivity contribution is 5.94. The predicted octanol–water partition coefficient (Wildman–Crippen LogP) is 3.96. The van der Waals surface area contributed by atoms with E-state index in [9.17, 15) is 4.79 Å². The van der Waals surface area contributed by atoms with Gasteiger partial charge in [0.2, 0.25) is 0 Å². The number of H-pyrrole nitrogens is 1. The molecule has 5 nitrogen and oxygen atoms in total. The number of nitrogens with zero attached hydrogens (tertiary/aromatic N) is 2. The number of amides is 1. The van der Waals surface area contributed by atoms with Gasteiger partial charge in [0.1, 0.15) is 0 Å². The Hall–Kier alpha value is -3.34. The number of benzene rings is 2. The van der Waals surface area contributed by atoms with E-state index in [4.69, 9.17) is 0 Å². The quantitative estimate of drug-likeness (QED) is 0.567. The summed E-state index contributed by atoms with van der Waals surface area (Å²) >= 11 is 0. The summed E-state index contributed by atoms with van der Waals surface area (Å²) in [6.45, 7) is 5.25. The number of carbonyl (C=O) groups excluding carboxylic acids is 1. The highest BCUT2D eigenvalue weighted by Crippen LogP contribution is 2.17. The summed E-state index contributed by atoms with van der Waals surface area (Å²) in [7, 11) is 0. The molecular weight excluding hydrogens is 336 g/mol. The first-order valence-corrected chi connectivity index (χ1v) is 9.03. The lowest BCUT2D eigenvalue weighted by Gasteiger charge is -2.08. The fourth-order valence-electron chi connectivity index (χ4n) is 3.35. The van der Waals surface area contributed by atoms with Gasteiger partial charge in [-0.3, -0.25) is 9.48 Å². The van der Waals surface area contributed by atoms with Gasteiger partial charge in [0.25, 0.3) is 5.91 Å². The molecule has 4 rings (SSSR count). The van der Waals surface area contributed by atoms with E-state index < -0.39 is 0 Å². The Morgan fingerprint density at radius 1 is 1.11 bits per heavy atom. The van der Waals surface area contributed by atoms with Crippen LogP contribution in [0.2, 0.25) is 0 Å². The smallest absolute Gasteiger partial charge is 0.251 e.